The minimum Gasteiger partial charge on any atom is -0.326 e. The number of nitrogens with two attached hydrogens (primary N) is 2. The first-order valence-corrected chi connectivity index (χ1v) is 6.25. The van der Waals surface area contributed by atoms with Gasteiger partial charge in [0.2, 0.25) is 5.95 Å². The molecule has 0 fully saturated rings. The lowest BCUT2D eigenvalue weighted by Crippen LogP contribution is -2.51. The zero-order valence-electron chi connectivity index (χ0n) is 10.5. The fraction of sp³-hybridized carbons (Fsp3) is 0.214. The molecule has 2 rings (SSSR count). The third-order valence-corrected chi connectivity index (χ3v) is 3.50. The number of halogens is 2. The summed E-state index contributed by atoms with van der Waals surface area (Å²) in [5.74, 6) is -0.549. The van der Waals surface area contributed by atoms with Crippen LogP contribution in [0.4, 0.5) is 4.39 Å². The molecule has 1 aromatic carbocycles. The maximum absolute atomic E-state index is 12.9. The van der Waals surface area contributed by atoms with Crippen molar-refractivity contribution in [1.82, 2.24) is 4.98 Å². The lowest BCUT2D eigenvalue weighted by molar-refractivity contribution is 0.442. The first-order chi connectivity index (χ1) is 8.94. The van der Waals surface area contributed by atoms with E-state index in [-0.39, 0.29) is 6.04 Å². The molecule has 4 N–H and O–H groups in total. The molecule has 0 saturated heterocycles. The van der Waals surface area contributed by atoms with Gasteiger partial charge in [0, 0.05) is 17.3 Å². The van der Waals surface area contributed by atoms with Crippen molar-refractivity contribution in [2.24, 2.45) is 11.5 Å². The number of hydrogen-bond donors (Lipinski definition) is 2. The van der Waals surface area contributed by atoms with Crippen LogP contribution in [0, 0.1) is 5.95 Å². The summed E-state index contributed by atoms with van der Waals surface area (Å²) in [6.45, 7) is 1.80. The topological polar surface area (TPSA) is 64.9 Å². The van der Waals surface area contributed by atoms with E-state index in [1.807, 2.05) is 12.1 Å². The van der Waals surface area contributed by atoms with Crippen molar-refractivity contribution in [3.05, 3.63) is 64.7 Å². The van der Waals surface area contributed by atoms with Crippen LogP contribution in [0.5, 0.6) is 0 Å². The van der Waals surface area contributed by atoms with Crippen molar-refractivity contribution in [1.29, 1.82) is 0 Å². The smallest absolute Gasteiger partial charge is 0.212 e. The lowest BCUT2D eigenvalue weighted by atomic mass is 9.79. The maximum Gasteiger partial charge on any atom is 0.212 e. The van der Waals surface area contributed by atoms with E-state index in [0.29, 0.717) is 10.6 Å². The van der Waals surface area contributed by atoms with Crippen molar-refractivity contribution < 1.29 is 4.39 Å². The Labute approximate surface area is 116 Å². The largest absolute Gasteiger partial charge is 0.326 e. The Balaban J connectivity index is 2.54. The second-order valence-electron chi connectivity index (χ2n) is 4.53. The fourth-order valence-electron chi connectivity index (χ4n) is 2.04. The first-order valence-electron chi connectivity index (χ1n) is 5.87. The van der Waals surface area contributed by atoms with Crippen LogP contribution in [0.3, 0.4) is 0 Å². The summed E-state index contributed by atoms with van der Waals surface area (Å²) in [6, 6.07) is 9.62. The second kappa shape index (κ2) is 5.25. The van der Waals surface area contributed by atoms with Gasteiger partial charge >= 0.3 is 0 Å². The van der Waals surface area contributed by atoms with Crippen molar-refractivity contribution in [3.8, 4) is 0 Å². The summed E-state index contributed by atoms with van der Waals surface area (Å²) >= 11 is 5.87. The molecule has 2 unspecified atom stereocenters. The van der Waals surface area contributed by atoms with E-state index in [2.05, 4.69) is 4.98 Å². The van der Waals surface area contributed by atoms with Crippen LogP contribution >= 0.6 is 11.6 Å². The van der Waals surface area contributed by atoms with Gasteiger partial charge in [0.25, 0.3) is 0 Å². The quantitative estimate of drug-likeness (QED) is 0.848. The molecule has 0 aliphatic heterocycles. The highest BCUT2D eigenvalue weighted by molar-refractivity contribution is 6.30. The molecule has 5 heteroatoms. The van der Waals surface area contributed by atoms with Crippen LogP contribution in [-0.4, -0.2) is 11.0 Å². The molecule has 0 aliphatic rings. The van der Waals surface area contributed by atoms with Gasteiger partial charge in [-0.05, 0) is 36.2 Å². The normalized spacial score (nSPS) is 15.8. The minimum atomic E-state index is -0.939. The lowest BCUT2D eigenvalue weighted by Gasteiger charge is -2.34. The Morgan fingerprint density at radius 2 is 1.74 bits per heavy atom. The predicted molar refractivity (Wildman–Crippen MR) is 74.3 cm³/mol. The third-order valence-electron chi connectivity index (χ3n) is 3.25. The van der Waals surface area contributed by atoms with Gasteiger partial charge in [-0.1, -0.05) is 29.8 Å². The Hall–Kier alpha value is -1.49. The number of rotatable bonds is 3. The van der Waals surface area contributed by atoms with E-state index >= 15 is 0 Å². The van der Waals surface area contributed by atoms with E-state index in [9.17, 15) is 4.39 Å². The molecule has 1 aromatic heterocycles. The summed E-state index contributed by atoms with van der Waals surface area (Å²) in [7, 11) is 0. The molecule has 0 spiro atoms. The van der Waals surface area contributed by atoms with E-state index in [1.54, 1.807) is 25.1 Å². The first kappa shape index (κ1) is 13.9. The Morgan fingerprint density at radius 3 is 2.21 bits per heavy atom. The number of benzene rings is 1. The Kier molecular flexibility index (Phi) is 3.85. The van der Waals surface area contributed by atoms with Gasteiger partial charge in [-0.2, -0.15) is 4.39 Å². The minimum absolute atomic E-state index is 0.374. The van der Waals surface area contributed by atoms with Gasteiger partial charge in [0.15, 0.2) is 0 Å². The molecule has 2 atom stereocenters. The summed E-state index contributed by atoms with van der Waals surface area (Å²) in [4.78, 5) is 3.64. The van der Waals surface area contributed by atoms with Gasteiger partial charge in [-0.3, -0.25) is 0 Å². The average molecular weight is 280 g/mol. The molecule has 19 heavy (non-hydrogen) atoms. The Morgan fingerprint density at radius 1 is 1.16 bits per heavy atom. The molecule has 0 aliphatic carbocycles. The highest BCUT2D eigenvalue weighted by Crippen LogP contribution is 2.30. The molecule has 2 aromatic rings. The van der Waals surface area contributed by atoms with Crippen molar-refractivity contribution in [2.45, 2.75) is 18.5 Å². The van der Waals surface area contributed by atoms with Crippen LogP contribution in [0.2, 0.25) is 5.02 Å². The number of aromatic nitrogens is 1. The SMILES string of the molecule is CC(N)C(N)(c1ccc(Cl)cc1)c1ccc(F)nc1. The number of pyridine rings is 1. The molecular weight excluding hydrogens is 265 g/mol. The van der Waals surface area contributed by atoms with Crippen molar-refractivity contribution >= 4 is 11.6 Å². The van der Waals surface area contributed by atoms with E-state index in [1.165, 1.54) is 12.3 Å². The molecule has 1 heterocycles. The molecule has 0 amide bonds. The summed E-state index contributed by atoms with van der Waals surface area (Å²) in [6.07, 6.45) is 1.41. The van der Waals surface area contributed by atoms with Crippen LogP contribution in [0.25, 0.3) is 0 Å². The average Bonchev–Trinajstić information content (AvgIpc) is 2.39. The van der Waals surface area contributed by atoms with Crippen molar-refractivity contribution in [3.63, 3.8) is 0 Å². The van der Waals surface area contributed by atoms with Crippen LogP contribution in [-0.2, 0) is 5.54 Å². The molecule has 0 radical (unpaired) electrons. The van der Waals surface area contributed by atoms with Gasteiger partial charge in [-0.25, -0.2) is 4.98 Å². The number of nitrogens with zero attached hydrogens (tertiary/aromatic N) is 1. The van der Waals surface area contributed by atoms with Gasteiger partial charge in [0.05, 0.1) is 5.54 Å². The predicted octanol–water partition coefficient (Wildman–Crippen LogP) is 2.42. The van der Waals surface area contributed by atoms with E-state index in [4.69, 9.17) is 23.1 Å². The molecule has 0 saturated carbocycles. The molecule has 100 valence electrons. The monoisotopic (exact) mass is 279 g/mol. The third kappa shape index (κ3) is 2.61. The van der Waals surface area contributed by atoms with Gasteiger partial charge in [-0.15, -0.1) is 0 Å². The zero-order valence-corrected chi connectivity index (χ0v) is 11.2. The summed E-state index contributed by atoms with van der Waals surface area (Å²) < 4.78 is 12.9. The fourth-order valence-corrected chi connectivity index (χ4v) is 2.16. The van der Waals surface area contributed by atoms with E-state index in [0.717, 1.165) is 5.56 Å². The second-order valence-corrected chi connectivity index (χ2v) is 4.97. The zero-order chi connectivity index (χ0) is 14.0. The standard InChI is InChI=1S/C14H15ClFN3/c1-9(17)14(18,10-2-5-12(15)6-3-10)11-4-7-13(16)19-8-11/h2-9H,17-18H2,1H3. The maximum atomic E-state index is 12.9. The summed E-state index contributed by atoms with van der Waals surface area (Å²) in [5, 5.41) is 0.619. The van der Waals surface area contributed by atoms with Gasteiger partial charge < -0.3 is 11.5 Å². The number of hydrogen-bond acceptors (Lipinski definition) is 3. The highest BCUT2D eigenvalue weighted by atomic mass is 35.5. The highest BCUT2D eigenvalue weighted by Gasteiger charge is 2.34. The molecule has 3 nitrogen and oxygen atoms in total. The molecule has 0 bridgehead atoms. The van der Waals surface area contributed by atoms with Gasteiger partial charge in [0.1, 0.15) is 0 Å². The Bertz CT molecular complexity index is 506. The molecular formula is C14H15ClFN3. The summed E-state index contributed by atoms with van der Waals surface area (Å²) in [5.41, 5.74) is 13.0. The van der Waals surface area contributed by atoms with Crippen LogP contribution in [0.1, 0.15) is 18.1 Å². The van der Waals surface area contributed by atoms with Crippen LogP contribution in [0.15, 0.2) is 42.6 Å². The van der Waals surface area contributed by atoms with E-state index < -0.39 is 11.5 Å². The van der Waals surface area contributed by atoms with Crippen molar-refractivity contribution in [2.75, 3.05) is 0 Å². The van der Waals surface area contributed by atoms with Crippen LogP contribution < -0.4 is 11.5 Å².